The maximum absolute atomic E-state index is 11.3. The molecule has 8 nitrogen and oxygen atoms in total. The predicted octanol–water partition coefficient (Wildman–Crippen LogP) is 0.0404. The molecule has 1 unspecified atom stereocenters. The molecule has 0 saturated carbocycles. The number of nitrogens with one attached hydrogen (secondary N) is 2. The summed E-state index contributed by atoms with van der Waals surface area (Å²) in [6, 6.07) is -0.916. The van der Waals surface area contributed by atoms with Crippen LogP contribution in [0, 0.1) is 6.92 Å². The molecule has 1 heterocycles. The van der Waals surface area contributed by atoms with Crippen molar-refractivity contribution in [2.75, 3.05) is 0 Å². The zero-order valence-electron chi connectivity index (χ0n) is 9.56. The van der Waals surface area contributed by atoms with Gasteiger partial charge in [-0.25, -0.2) is 4.79 Å². The molecule has 0 spiro atoms. The molecule has 0 saturated heterocycles. The molecule has 0 aliphatic rings. The third-order valence-electron chi connectivity index (χ3n) is 1.83. The summed E-state index contributed by atoms with van der Waals surface area (Å²) in [6.45, 7) is 3.38. The van der Waals surface area contributed by atoms with E-state index in [1.54, 1.807) is 13.8 Å². The second kappa shape index (κ2) is 5.83. The summed E-state index contributed by atoms with van der Waals surface area (Å²) >= 11 is 0. The third kappa shape index (κ3) is 4.96. The Kier molecular flexibility index (Phi) is 4.44. The van der Waals surface area contributed by atoms with Gasteiger partial charge in [-0.05, 0) is 6.92 Å². The highest BCUT2D eigenvalue weighted by Crippen LogP contribution is 1.94. The fourth-order valence-corrected chi connectivity index (χ4v) is 1.16. The molecule has 1 aromatic rings. The maximum atomic E-state index is 11.3. The van der Waals surface area contributed by atoms with Crippen LogP contribution < -0.4 is 10.6 Å². The fraction of sp³-hybridized carbons (Fsp3) is 0.556. The number of hydrogen-bond acceptors (Lipinski definition) is 5. The highest BCUT2D eigenvalue weighted by molar-refractivity contribution is 5.75. The smallest absolute Gasteiger partial charge is 0.315 e. The first-order chi connectivity index (χ1) is 7.97. The zero-order valence-corrected chi connectivity index (χ0v) is 9.56. The van der Waals surface area contributed by atoms with Crippen LogP contribution in [0.15, 0.2) is 4.52 Å². The number of amides is 2. The van der Waals surface area contributed by atoms with Gasteiger partial charge in [-0.2, -0.15) is 4.98 Å². The van der Waals surface area contributed by atoms with Gasteiger partial charge in [-0.15, -0.1) is 0 Å². The quantitative estimate of drug-likeness (QED) is 0.671. The molecule has 0 aliphatic heterocycles. The van der Waals surface area contributed by atoms with Crippen LogP contribution >= 0.6 is 0 Å². The SMILES string of the molecule is Cc1nc(CNC(=O)NC(C)CC(=O)O)no1. The van der Waals surface area contributed by atoms with Crippen molar-refractivity contribution in [2.24, 2.45) is 0 Å². The number of hydrogen-bond donors (Lipinski definition) is 3. The molecular formula is C9H14N4O4. The number of carbonyl (C=O) groups is 2. The summed E-state index contributed by atoms with van der Waals surface area (Å²) in [4.78, 5) is 25.6. The van der Waals surface area contributed by atoms with Crippen LogP contribution in [0.25, 0.3) is 0 Å². The van der Waals surface area contributed by atoms with E-state index in [9.17, 15) is 9.59 Å². The van der Waals surface area contributed by atoms with Gasteiger partial charge in [0.15, 0.2) is 5.82 Å². The van der Waals surface area contributed by atoms with E-state index in [1.165, 1.54) is 0 Å². The monoisotopic (exact) mass is 242 g/mol. The number of aliphatic carboxylic acids is 1. The van der Waals surface area contributed by atoms with Crippen LogP contribution in [0.4, 0.5) is 4.79 Å². The number of nitrogens with zero attached hydrogens (tertiary/aromatic N) is 2. The number of carboxylic acid groups (broad SMARTS) is 1. The Hall–Kier alpha value is -2.12. The van der Waals surface area contributed by atoms with Crippen molar-refractivity contribution < 1.29 is 19.2 Å². The lowest BCUT2D eigenvalue weighted by atomic mass is 10.2. The normalized spacial score (nSPS) is 11.9. The van der Waals surface area contributed by atoms with E-state index in [0.717, 1.165) is 0 Å². The molecule has 0 fully saturated rings. The summed E-state index contributed by atoms with van der Waals surface area (Å²) in [6.07, 6.45) is -0.130. The van der Waals surface area contributed by atoms with Crippen LogP contribution in [0.1, 0.15) is 25.1 Å². The number of urea groups is 1. The van der Waals surface area contributed by atoms with Crippen molar-refractivity contribution >= 4 is 12.0 Å². The molecule has 1 atom stereocenters. The number of carbonyl (C=O) groups excluding carboxylic acids is 1. The van der Waals surface area contributed by atoms with E-state index >= 15 is 0 Å². The number of carboxylic acids is 1. The first-order valence-electron chi connectivity index (χ1n) is 5.02. The summed E-state index contributed by atoms with van der Waals surface area (Å²) in [5, 5.41) is 17.1. The second-order valence-electron chi connectivity index (χ2n) is 3.56. The molecule has 94 valence electrons. The van der Waals surface area contributed by atoms with E-state index in [4.69, 9.17) is 9.63 Å². The molecule has 0 aromatic carbocycles. The molecule has 0 bridgehead atoms. The van der Waals surface area contributed by atoms with E-state index in [0.29, 0.717) is 11.7 Å². The topological polar surface area (TPSA) is 117 Å². The van der Waals surface area contributed by atoms with Crippen LogP contribution in [-0.4, -0.2) is 33.3 Å². The Morgan fingerprint density at radius 2 is 2.24 bits per heavy atom. The lowest BCUT2D eigenvalue weighted by Crippen LogP contribution is -2.41. The second-order valence-corrected chi connectivity index (χ2v) is 3.56. The van der Waals surface area contributed by atoms with Gasteiger partial charge in [0.2, 0.25) is 5.89 Å². The lowest BCUT2D eigenvalue weighted by molar-refractivity contribution is -0.137. The van der Waals surface area contributed by atoms with Gasteiger partial charge in [0.1, 0.15) is 0 Å². The molecule has 1 aromatic heterocycles. The Labute approximate surface area is 97.4 Å². The predicted molar refractivity (Wildman–Crippen MR) is 56.1 cm³/mol. The molecule has 0 aliphatic carbocycles. The van der Waals surface area contributed by atoms with Crippen molar-refractivity contribution in [3.05, 3.63) is 11.7 Å². The number of aromatic nitrogens is 2. The average molecular weight is 242 g/mol. The minimum Gasteiger partial charge on any atom is -0.481 e. The van der Waals surface area contributed by atoms with Gasteiger partial charge in [-0.1, -0.05) is 5.16 Å². The molecular weight excluding hydrogens is 228 g/mol. The van der Waals surface area contributed by atoms with Crippen molar-refractivity contribution in [1.82, 2.24) is 20.8 Å². The van der Waals surface area contributed by atoms with Crippen molar-refractivity contribution in [3.63, 3.8) is 0 Å². The van der Waals surface area contributed by atoms with Gasteiger partial charge in [0, 0.05) is 13.0 Å². The minimum absolute atomic E-state index is 0.128. The summed E-state index contributed by atoms with van der Waals surface area (Å²) in [5.41, 5.74) is 0. The van der Waals surface area contributed by atoms with Gasteiger partial charge in [0.25, 0.3) is 0 Å². The van der Waals surface area contributed by atoms with Gasteiger partial charge < -0.3 is 20.3 Å². The van der Waals surface area contributed by atoms with Gasteiger partial charge in [-0.3, -0.25) is 4.79 Å². The highest BCUT2D eigenvalue weighted by atomic mass is 16.5. The number of aryl methyl sites for hydroxylation is 1. The van der Waals surface area contributed by atoms with Crippen molar-refractivity contribution in [1.29, 1.82) is 0 Å². The highest BCUT2D eigenvalue weighted by Gasteiger charge is 2.11. The average Bonchev–Trinajstić information content (AvgIpc) is 2.59. The zero-order chi connectivity index (χ0) is 12.8. The van der Waals surface area contributed by atoms with Crippen LogP contribution in [-0.2, 0) is 11.3 Å². The Balaban J connectivity index is 2.28. The van der Waals surface area contributed by atoms with E-state index in [-0.39, 0.29) is 13.0 Å². The molecule has 3 N–H and O–H groups in total. The van der Waals surface area contributed by atoms with Gasteiger partial charge in [0.05, 0.1) is 13.0 Å². The Bertz CT molecular complexity index is 403. The van der Waals surface area contributed by atoms with E-state index in [1.807, 2.05) is 0 Å². The van der Waals surface area contributed by atoms with Crippen LogP contribution in [0.5, 0.6) is 0 Å². The summed E-state index contributed by atoms with van der Waals surface area (Å²) in [7, 11) is 0. The molecule has 1 rings (SSSR count). The van der Waals surface area contributed by atoms with Crippen LogP contribution in [0.2, 0.25) is 0 Å². The largest absolute Gasteiger partial charge is 0.481 e. The molecule has 0 radical (unpaired) electrons. The Morgan fingerprint density at radius 3 is 2.76 bits per heavy atom. The first kappa shape index (κ1) is 12.9. The standard InChI is InChI=1S/C9H14N4O4/c1-5(3-8(14)15)11-9(16)10-4-7-12-6(2)17-13-7/h5H,3-4H2,1-2H3,(H,14,15)(H2,10,11,16). The van der Waals surface area contributed by atoms with Crippen molar-refractivity contribution in [3.8, 4) is 0 Å². The molecule has 2 amide bonds. The first-order valence-corrected chi connectivity index (χ1v) is 5.02. The number of rotatable bonds is 5. The molecule has 8 heteroatoms. The fourth-order valence-electron chi connectivity index (χ4n) is 1.16. The Morgan fingerprint density at radius 1 is 1.53 bits per heavy atom. The van der Waals surface area contributed by atoms with E-state index < -0.39 is 18.0 Å². The van der Waals surface area contributed by atoms with Crippen LogP contribution in [0.3, 0.4) is 0 Å². The van der Waals surface area contributed by atoms with Gasteiger partial charge >= 0.3 is 12.0 Å². The maximum Gasteiger partial charge on any atom is 0.315 e. The third-order valence-corrected chi connectivity index (χ3v) is 1.83. The lowest BCUT2D eigenvalue weighted by Gasteiger charge is -2.11. The van der Waals surface area contributed by atoms with Crippen molar-refractivity contribution in [2.45, 2.75) is 32.9 Å². The summed E-state index contributed by atoms with van der Waals surface area (Å²) in [5.74, 6) is -0.184. The molecule has 17 heavy (non-hydrogen) atoms. The minimum atomic E-state index is -0.966. The summed E-state index contributed by atoms with van der Waals surface area (Å²) < 4.78 is 4.72. The van der Waals surface area contributed by atoms with E-state index in [2.05, 4.69) is 20.8 Å².